The van der Waals surface area contributed by atoms with E-state index >= 15 is 0 Å². The molecule has 0 saturated heterocycles. The van der Waals surface area contributed by atoms with Crippen molar-refractivity contribution in [3.63, 3.8) is 0 Å². The molecule has 170 valence electrons. The van der Waals surface area contributed by atoms with E-state index in [2.05, 4.69) is 17.1 Å². The maximum absolute atomic E-state index is 13.1. The van der Waals surface area contributed by atoms with E-state index in [0.29, 0.717) is 41.6 Å². The molecule has 0 atom stereocenters. The molecular weight excluding hydrogens is 423 g/mol. The minimum atomic E-state index is -0.396. The second kappa shape index (κ2) is 12.0. The smallest absolute Gasteiger partial charge is 0.271 e. The first-order chi connectivity index (χ1) is 16.1. The summed E-state index contributed by atoms with van der Waals surface area (Å²) in [5.74, 6) is 0.892. The predicted octanol–water partition coefficient (Wildman–Crippen LogP) is 5.13. The van der Waals surface area contributed by atoms with Gasteiger partial charge in [-0.1, -0.05) is 36.9 Å². The second-order valence-corrected chi connectivity index (χ2v) is 6.85. The Morgan fingerprint density at radius 2 is 1.79 bits per heavy atom. The summed E-state index contributed by atoms with van der Waals surface area (Å²) in [5, 5.41) is 4.05. The highest BCUT2D eigenvalue weighted by molar-refractivity contribution is 5.95. The van der Waals surface area contributed by atoms with Gasteiger partial charge < -0.3 is 14.2 Å². The lowest BCUT2D eigenvalue weighted by molar-refractivity contribution is 0.0954. The normalized spacial score (nSPS) is 10.6. The fourth-order valence-electron chi connectivity index (χ4n) is 2.87. The number of benzene rings is 3. The van der Waals surface area contributed by atoms with E-state index < -0.39 is 5.91 Å². The van der Waals surface area contributed by atoms with Crippen LogP contribution in [0.3, 0.4) is 0 Å². The van der Waals surface area contributed by atoms with E-state index in [1.807, 2.05) is 25.1 Å². The average molecular weight is 448 g/mol. The van der Waals surface area contributed by atoms with E-state index in [4.69, 9.17) is 14.2 Å². The van der Waals surface area contributed by atoms with E-state index in [1.165, 1.54) is 18.3 Å². The molecule has 0 bridgehead atoms. The first-order valence-corrected chi connectivity index (χ1v) is 10.4. The molecule has 0 heterocycles. The quantitative estimate of drug-likeness (QED) is 0.251. The number of hydrazone groups is 1. The second-order valence-electron chi connectivity index (χ2n) is 6.85. The predicted molar refractivity (Wildman–Crippen MR) is 126 cm³/mol. The number of ether oxygens (including phenoxy) is 3. The molecule has 0 aliphatic heterocycles. The van der Waals surface area contributed by atoms with Crippen LogP contribution in [0.15, 0.2) is 84.5 Å². The van der Waals surface area contributed by atoms with Crippen LogP contribution >= 0.6 is 0 Å². The van der Waals surface area contributed by atoms with Crippen LogP contribution in [-0.2, 0) is 6.61 Å². The SMILES string of the molecule is C=CCOc1ccc(C(=O)N/N=C/c2ccccc2OCc2ccc(F)cc2)cc1OCC. The fourth-order valence-corrected chi connectivity index (χ4v) is 2.87. The van der Waals surface area contributed by atoms with Gasteiger partial charge in [0, 0.05) is 11.1 Å². The molecule has 0 aromatic heterocycles. The van der Waals surface area contributed by atoms with Crippen molar-refractivity contribution in [1.29, 1.82) is 0 Å². The van der Waals surface area contributed by atoms with Crippen molar-refractivity contribution >= 4 is 12.1 Å². The van der Waals surface area contributed by atoms with Crippen LogP contribution in [0.2, 0.25) is 0 Å². The highest BCUT2D eigenvalue weighted by atomic mass is 19.1. The molecule has 0 radical (unpaired) electrons. The summed E-state index contributed by atoms with van der Waals surface area (Å²) < 4.78 is 30.0. The molecule has 0 saturated carbocycles. The number of hydrogen-bond acceptors (Lipinski definition) is 5. The van der Waals surface area contributed by atoms with Gasteiger partial charge in [0.05, 0.1) is 12.8 Å². The summed E-state index contributed by atoms with van der Waals surface area (Å²) in [6.45, 7) is 6.52. The van der Waals surface area contributed by atoms with Gasteiger partial charge in [-0.3, -0.25) is 4.79 Å². The zero-order valence-corrected chi connectivity index (χ0v) is 18.3. The molecule has 7 heteroatoms. The largest absolute Gasteiger partial charge is 0.490 e. The van der Waals surface area contributed by atoms with Gasteiger partial charge in [-0.2, -0.15) is 5.10 Å². The Kier molecular flexibility index (Phi) is 8.59. The Balaban J connectivity index is 1.65. The van der Waals surface area contributed by atoms with Crippen LogP contribution in [0, 0.1) is 5.82 Å². The van der Waals surface area contributed by atoms with Crippen LogP contribution < -0.4 is 19.6 Å². The van der Waals surface area contributed by atoms with Crippen LogP contribution in [0.4, 0.5) is 4.39 Å². The number of nitrogens with one attached hydrogen (secondary N) is 1. The van der Waals surface area contributed by atoms with Crippen LogP contribution in [-0.4, -0.2) is 25.3 Å². The van der Waals surface area contributed by atoms with Crippen LogP contribution in [0.25, 0.3) is 0 Å². The summed E-state index contributed by atoms with van der Waals surface area (Å²) in [7, 11) is 0. The number of nitrogens with zero attached hydrogens (tertiary/aromatic N) is 1. The minimum Gasteiger partial charge on any atom is -0.490 e. The van der Waals surface area contributed by atoms with E-state index in [0.717, 1.165) is 5.56 Å². The van der Waals surface area contributed by atoms with Crippen molar-refractivity contribution < 1.29 is 23.4 Å². The van der Waals surface area contributed by atoms with Gasteiger partial charge in [0.1, 0.15) is 24.8 Å². The van der Waals surface area contributed by atoms with Gasteiger partial charge in [-0.15, -0.1) is 0 Å². The number of amides is 1. The molecular formula is C26H25FN2O4. The van der Waals surface area contributed by atoms with Crippen molar-refractivity contribution in [1.82, 2.24) is 5.43 Å². The first kappa shape index (κ1) is 23.5. The van der Waals surface area contributed by atoms with E-state index in [9.17, 15) is 9.18 Å². The average Bonchev–Trinajstić information content (AvgIpc) is 2.83. The standard InChI is InChI=1S/C26H25FN2O4/c1-3-15-32-24-14-11-20(16-25(24)31-4-2)26(30)29-28-17-21-7-5-6-8-23(21)33-18-19-9-12-22(27)13-10-19/h3,5-14,16-17H,1,4,15,18H2,2H3,(H,29,30)/b28-17+. The molecule has 3 rings (SSSR count). The molecule has 0 unspecified atom stereocenters. The number of carbonyl (C=O) groups excluding carboxylic acids is 1. The summed E-state index contributed by atoms with van der Waals surface area (Å²) in [6, 6.07) is 18.3. The number of para-hydroxylation sites is 1. The lowest BCUT2D eigenvalue weighted by Gasteiger charge is -2.12. The van der Waals surface area contributed by atoms with Gasteiger partial charge in [0.25, 0.3) is 5.91 Å². The number of halogens is 1. The third-order valence-electron chi connectivity index (χ3n) is 4.46. The Labute approximate surface area is 192 Å². The van der Waals surface area contributed by atoms with Gasteiger partial charge in [0.2, 0.25) is 0 Å². The van der Waals surface area contributed by atoms with Crippen molar-refractivity contribution in [3.8, 4) is 17.2 Å². The topological polar surface area (TPSA) is 69.2 Å². The van der Waals surface area contributed by atoms with Gasteiger partial charge in [0.15, 0.2) is 11.5 Å². The Morgan fingerprint density at radius 1 is 1.00 bits per heavy atom. The van der Waals surface area contributed by atoms with E-state index in [-0.39, 0.29) is 12.4 Å². The lowest BCUT2D eigenvalue weighted by Crippen LogP contribution is -2.18. The molecule has 0 spiro atoms. The van der Waals surface area contributed by atoms with Gasteiger partial charge in [-0.25, -0.2) is 9.82 Å². The molecule has 3 aromatic rings. The summed E-state index contributed by atoms with van der Waals surface area (Å²) in [6.07, 6.45) is 3.13. The number of hydrogen-bond donors (Lipinski definition) is 1. The Hall–Kier alpha value is -4.13. The summed E-state index contributed by atoms with van der Waals surface area (Å²) >= 11 is 0. The molecule has 1 amide bonds. The zero-order chi connectivity index (χ0) is 23.5. The number of rotatable bonds is 11. The van der Waals surface area contributed by atoms with Crippen molar-refractivity contribution in [3.05, 3.63) is 102 Å². The van der Waals surface area contributed by atoms with Gasteiger partial charge >= 0.3 is 0 Å². The maximum Gasteiger partial charge on any atom is 0.271 e. The third kappa shape index (κ3) is 6.93. The lowest BCUT2D eigenvalue weighted by atomic mass is 10.2. The summed E-state index contributed by atoms with van der Waals surface area (Å²) in [4.78, 5) is 12.5. The number of carbonyl (C=O) groups is 1. The molecule has 6 nitrogen and oxygen atoms in total. The molecule has 3 aromatic carbocycles. The fraction of sp³-hybridized carbons (Fsp3) is 0.154. The van der Waals surface area contributed by atoms with Crippen molar-refractivity contribution in [2.75, 3.05) is 13.2 Å². The highest BCUT2D eigenvalue weighted by Crippen LogP contribution is 2.28. The minimum absolute atomic E-state index is 0.276. The Bertz CT molecular complexity index is 1110. The Morgan fingerprint density at radius 3 is 2.55 bits per heavy atom. The zero-order valence-electron chi connectivity index (χ0n) is 18.3. The third-order valence-corrected chi connectivity index (χ3v) is 4.46. The first-order valence-electron chi connectivity index (χ1n) is 10.4. The maximum atomic E-state index is 13.1. The molecule has 0 aliphatic carbocycles. The van der Waals surface area contributed by atoms with Crippen molar-refractivity contribution in [2.24, 2.45) is 5.10 Å². The molecule has 33 heavy (non-hydrogen) atoms. The van der Waals surface area contributed by atoms with Crippen LogP contribution in [0.5, 0.6) is 17.2 Å². The monoisotopic (exact) mass is 448 g/mol. The molecule has 0 aliphatic rings. The summed E-state index contributed by atoms with van der Waals surface area (Å²) in [5.41, 5.74) is 4.40. The van der Waals surface area contributed by atoms with Crippen molar-refractivity contribution in [2.45, 2.75) is 13.5 Å². The molecule has 1 N–H and O–H groups in total. The van der Waals surface area contributed by atoms with Gasteiger partial charge in [-0.05, 0) is 55.0 Å². The van der Waals surface area contributed by atoms with Crippen LogP contribution in [0.1, 0.15) is 28.4 Å². The van der Waals surface area contributed by atoms with E-state index in [1.54, 1.807) is 42.5 Å². The molecule has 0 fully saturated rings. The highest BCUT2D eigenvalue weighted by Gasteiger charge is 2.11.